The molecule has 0 saturated heterocycles. The summed E-state index contributed by atoms with van der Waals surface area (Å²) in [6, 6.07) is 0. The summed E-state index contributed by atoms with van der Waals surface area (Å²) in [6.07, 6.45) is 4.73. The van der Waals surface area contributed by atoms with Crippen LogP contribution in [0.5, 0.6) is 0 Å². The lowest BCUT2D eigenvalue weighted by molar-refractivity contribution is 0.227. The third-order valence-electron chi connectivity index (χ3n) is 4.05. The predicted octanol–water partition coefficient (Wildman–Crippen LogP) is 3.66. The zero-order valence-electron chi connectivity index (χ0n) is 17.3. The van der Waals surface area contributed by atoms with E-state index in [0.717, 1.165) is 0 Å². The van der Waals surface area contributed by atoms with Gasteiger partial charge in [-0.1, -0.05) is 32.4 Å². The van der Waals surface area contributed by atoms with E-state index in [1.165, 1.54) is 6.33 Å². The average molecular weight is 441 g/mol. The van der Waals surface area contributed by atoms with Gasteiger partial charge in [-0.3, -0.25) is 4.57 Å². The van der Waals surface area contributed by atoms with Crippen LogP contribution < -0.4 is 5.57 Å². The van der Waals surface area contributed by atoms with Gasteiger partial charge in [-0.15, -0.1) is 0 Å². The molecule has 3 aromatic rings. The van der Waals surface area contributed by atoms with Crippen molar-refractivity contribution in [2.75, 3.05) is 13.2 Å². The van der Waals surface area contributed by atoms with E-state index in [2.05, 4.69) is 40.7 Å². The van der Waals surface area contributed by atoms with Crippen LogP contribution in [0.25, 0.3) is 11.2 Å². The summed E-state index contributed by atoms with van der Waals surface area (Å²) in [6.45, 7) is 11.4. The highest BCUT2D eigenvalue weighted by Gasteiger charge is 2.33. The normalized spacial score (nSPS) is 12.8. The average Bonchev–Trinajstić information content (AvgIpc) is 3.22. The topological polar surface area (TPSA) is 97.0 Å². The SMILES string of the molecule is CCOP(=O)(OCC)c1nccn1Cc1nc2c(Cl)ncnc2n1CC(C)(C)C. The number of fused-ring (bicyclic) bond motifs is 1. The number of halogens is 1. The van der Waals surface area contributed by atoms with Crippen LogP contribution in [0.3, 0.4) is 0 Å². The minimum atomic E-state index is -3.54. The standard InChI is InChI=1S/C18H26ClN6O3P/c1-6-27-29(26,28-7-2)17-20-8-9-24(17)10-13-23-14-15(19)21-12-22-16(14)25(13)11-18(3,4)5/h8-9,12H,6-7,10-11H2,1-5H3. The molecule has 0 N–H and O–H groups in total. The summed E-state index contributed by atoms with van der Waals surface area (Å²) in [5.74, 6) is 0.705. The molecule has 0 fully saturated rings. The molecule has 3 aromatic heterocycles. The van der Waals surface area contributed by atoms with E-state index >= 15 is 0 Å². The third-order valence-corrected chi connectivity index (χ3v) is 6.38. The van der Waals surface area contributed by atoms with Crippen molar-refractivity contribution in [1.29, 1.82) is 0 Å². The van der Waals surface area contributed by atoms with Gasteiger partial charge in [-0.25, -0.2) is 19.9 Å². The highest BCUT2D eigenvalue weighted by atomic mass is 35.5. The lowest BCUT2D eigenvalue weighted by atomic mass is 9.97. The maximum absolute atomic E-state index is 13.2. The summed E-state index contributed by atoms with van der Waals surface area (Å²) in [7, 11) is -3.54. The van der Waals surface area contributed by atoms with Gasteiger partial charge in [0.15, 0.2) is 10.8 Å². The predicted molar refractivity (Wildman–Crippen MR) is 112 cm³/mol. The fourth-order valence-corrected chi connectivity index (χ4v) is 4.85. The molecule has 0 atom stereocenters. The quantitative estimate of drug-likeness (QED) is 0.389. The lowest BCUT2D eigenvalue weighted by Gasteiger charge is -2.21. The van der Waals surface area contributed by atoms with Crippen molar-refractivity contribution in [1.82, 2.24) is 29.1 Å². The maximum atomic E-state index is 13.2. The van der Waals surface area contributed by atoms with E-state index in [4.69, 9.17) is 20.6 Å². The van der Waals surface area contributed by atoms with Crippen molar-refractivity contribution in [3.8, 4) is 0 Å². The van der Waals surface area contributed by atoms with Crippen LogP contribution in [0.4, 0.5) is 0 Å². The first kappa shape index (κ1) is 21.9. The number of nitrogens with zero attached hydrogens (tertiary/aromatic N) is 6. The molecule has 3 rings (SSSR count). The Morgan fingerprint density at radius 1 is 1.14 bits per heavy atom. The fraction of sp³-hybridized carbons (Fsp3) is 0.556. The number of hydrogen-bond acceptors (Lipinski definition) is 7. The van der Waals surface area contributed by atoms with Gasteiger partial charge in [-0.2, -0.15) is 0 Å². The Kier molecular flexibility index (Phi) is 6.43. The van der Waals surface area contributed by atoms with Gasteiger partial charge >= 0.3 is 7.60 Å². The van der Waals surface area contributed by atoms with Gasteiger partial charge in [0.2, 0.25) is 5.57 Å². The second-order valence-corrected chi connectivity index (χ2v) is 9.97. The first-order valence-electron chi connectivity index (χ1n) is 9.45. The first-order chi connectivity index (χ1) is 13.7. The second-order valence-electron chi connectivity index (χ2n) is 7.70. The molecule has 0 aliphatic carbocycles. The molecule has 0 aliphatic rings. The molecular formula is C18H26ClN6O3P. The summed E-state index contributed by atoms with van der Waals surface area (Å²) in [4.78, 5) is 17.3. The van der Waals surface area contributed by atoms with Crippen molar-refractivity contribution in [3.05, 3.63) is 29.7 Å². The van der Waals surface area contributed by atoms with Gasteiger partial charge in [-0.05, 0) is 19.3 Å². The highest BCUT2D eigenvalue weighted by Crippen LogP contribution is 2.46. The van der Waals surface area contributed by atoms with Gasteiger partial charge in [0.25, 0.3) is 0 Å². The van der Waals surface area contributed by atoms with Crippen LogP contribution >= 0.6 is 19.2 Å². The van der Waals surface area contributed by atoms with Crippen molar-refractivity contribution in [3.63, 3.8) is 0 Å². The Labute approximate surface area is 175 Å². The van der Waals surface area contributed by atoms with E-state index in [-0.39, 0.29) is 24.2 Å². The van der Waals surface area contributed by atoms with Crippen molar-refractivity contribution in [2.24, 2.45) is 5.41 Å². The summed E-state index contributed by atoms with van der Waals surface area (Å²) in [5.41, 5.74) is 1.42. The maximum Gasteiger partial charge on any atom is 0.396 e. The molecule has 9 nitrogen and oxygen atoms in total. The molecule has 0 spiro atoms. The number of rotatable bonds is 8. The molecule has 0 aromatic carbocycles. The zero-order valence-corrected chi connectivity index (χ0v) is 18.9. The minimum Gasteiger partial charge on any atom is -0.317 e. The Hall–Kier alpha value is -1.80. The van der Waals surface area contributed by atoms with Gasteiger partial charge in [0, 0.05) is 18.9 Å². The fourth-order valence-electron chi connectivity index (χ4n) is 3.03. The Morgan fingerprint density at radius 3 is 2.45 bits per heavy atom. The van der Waals surface area contributed by atoms with Crippen LogP contribution in [0.1, 0.15) is 40.4 Å². The Bertz CT molecular complexity index is 1030. The van der Waals surface area contributed by atoms with E-state index in [0.29, 0.717) is 35.2 Å². The third kappa shape index (κ3) is 4.69. The van der Waals surface area contributed by atoms with E-state index in [1.54, 1.807) is 30.8 Å². The Balaban J connectivity index is 2.08. The molecule has 29 heavy (non-hydrogen) atoms. The molecule has 3 heterocycles. The molecule has 0 unspecified atom stereocenters. The van der Waals surface area contributed by atoms with Crippen LogP contribution in [0.2, 0.25) is 5.15 Å². The minimum absolute atomic E-state index is 0.0243. The molecule has 0 saturated carbocycles. The monoisotopic (exact) mass is 440 g/mol. The van der Waals surface area contributed by atoms with Crippen molar-refractivity contribution >= 4 is 35.9 Å². The van der Waals surface area contributed by atoms with Gasteiger partial charge in [0.05, 0.1) is 19.8 Å². The molecular weight excluding hydrogens is 415 g/mol. The molecule has 0 bridgehead atoms. The van der Waals surface area contributed by atoms with Gasteiger partial charge in [0.1, 0.15) is 17.7 Å². The second kappa shape index (κ2) is 8.52. The summed E-state index contributed by atoms with van der Waals surface area (Å²) in [5, 5.41) is 0.295. The van der Waals surface area contributed by atoms with Crippen molar-refractivity contribution < 1.29 is 13.6 Å². The van der Waals surface area contributed by atoms with Crippen LogP contribution in [0, 0.1) is 5.41 Å². The molecule has 0 radical (unpaired) electrons. The van der Waals surface area contributed by atoms with Gasteiger partial charge < -0.3 is 18.2 Å². The summed E-state index contributed by atoms with van der Waals surface area (Å²) < 4.78 is 27.9. The largest absolute Gasteiger partial charge is 0.396 e. The van der Waals surface area contributed by atoms with Crippen molar-refractivity contribution in [2.45, 2.75) is 47.7 Å². The molecule has 0 amide bonds. The van der Waals surface area contributed by atoms with Crippen LogP contribution in [-0.2, 0) is 26.7 Å². The van der Waals surface area contributed by atoms with E-state index < -0.39 is 7.60 Å². The number of hydrogen-bond donors (Lipinski definition) is 0. The summed E-state index contributed by atoms with van der Waals surface area (Å²) >= 11 is 6.25. The zero-order chi connectivity index (χ0) is 21.2. The Morgan fingerprint density at radius 2 is 1.83 bits per heavy atom. The highest BCUT2D eigenvalue weighted by molar-refractivity contribution is 7.61. The van der Waals surface area contributed by atoms with E-state index in [9.17, 15) is 4.57 Å². The molecule has 0 aliphatic heterocycles. The van der Waals surface area contributed by atoms with E-state index in [1.807, 2.05) is 4.57 Å². The first-order valence-corrected chi connectivity index (χ1v) is 11.4. The molecule has 11 heteroatoms. The van der Waals surface area contributed by atoms with Crippen LogP contribution in [0.15, 0.2) is 18.7 Å². The number of aromatic nitrogens is 6. The lowest BCUT2D eigenvalue weighted by Crippen LogP contribution is -2.25. The number of imidazole rings is 2. The van der Waals surface area contributed by atoms with Crippen LogP contribution in [-0.4, -0.2) is 42.3 Å². The molecule has 158 valence electrons. The smallest absolute Gasteiger partial charge is 0.317 e.